The summed E-state index contributed by atoms with van der Waals surface area (Å²) in [7, 11) is 0. The maximum atomic E-state index is 11.4. The normalized spacial score (nSPS) is 10.7. The number of carboxylic acids is 1. The van der Waals surface area contributed by atoms with Gasteiger partial charge in [-0.1, -0.05) is 17.7 Å². The highest BCUT2D eigenvalue weighted by molar-refractivity contribution is 5.91. The molecule has 106 valence electrons. The van der Waals surface area contributed by atoms with Crippen molar-refractivity contribution in [3.05, 3.63) is 63.8 Å². The second-order valence-electron chi connectivity index (χ2n) is 4.37. The molecule has 0 fully saturated rings. The zero-order valence-electron chi connectivity index (χ0n) is 11.1. The topological polar surface area (TPSA) is 99.3 Å². The number of carbonyl (C=O) groups is 1. The average Bonchev–Trinajstić information content (AvgIpc) is 2.60. The summed E-state index contributed by atoms with van der Waals surface area (Å²) in [5.74, 6) is -2.23. The van der Waals surface area contributed by atoms with Gasteiger partial charge in [-0.25, -0.2) is 4.79 Å². The molecule has 0 radical (unpaired) electrons. The molecule has 0 aromatic heterocycles. The maximum Gasteiger partial charge on any atom is 0.339 e. The van der Waals surface area contributed by atoms with Gasteiger partial charge in [-0.05, 0) is 37.3 Å². The average molecular weight is 284 g/mol. The van der Waals surface area contributed by atoms with Gasteiger partial charge in [0.05, 0.1) is 11.4 Å². The molecule has 0 amide bonds. The highest BCUT2D eigenvalue weighted by Gasteiger charge is 2.12. The number of aryl methyl sites for hydroxylation is 1. The predicted molar refractivity (Wildman–Crippen MR) is 76.7 cm³/mol. The van der Waals surface area contributed by atoms with Crippen LogP contribution in [0.3, 0.4) is 0 Å². The second-order valence-corrected chi connectivity index (χ2v) is 4.37. The van der Waals surface area contributed by atoms with E-state index in [0.717, 1.165) is 17.7 Å². The summed E-state index contributed by atoms with van der Waals surface area (Å²) < 4.78 is 0. The molecule has 0 aliphatic carbocycles. The minimum absolute atomic E-state index is 0.158. The molecule has 2 aromatic rings. The number of hydrogen-bond donors (Lipinski definition) is 2. The second kappa shape index (κ2) is 5.96. The number of nitrogens with zero attached hydrogens (tertiary/aromatic N) is 2. The Morgan fingerprint density at radius 3 is 2.19 bits per heavy atom. The SMILES string of the molecule is Cc1ccc(N=Nc2ccc(=O)c(O)c(C(=O)O)c2)cc1. The van der Waals surface area contributed by atoms with Crippen LogP contribution in [0.15, 0.2) is 57.5 Å². The summed E-state index contributed by atoms with van der Waals surface area (Å²) in [4.78, 5) is 22.4. The Hall–Kier alpha value is -3.02. The Labute approximate surface area is 120 Å². The standard InChI is InChI=1S/C15H12N2O4/c1-9-2-4-10(5-3-9)16-17-11-6-7-13(18)14(19)12(8-11)15(20)21/h2-8H,1H3,(H,18,19)(H,20,21). The van der Waals surface area contributed by atoms with Crippen molar-refractivity contribution in [3.8, 4) is 5.75 Å². The van der Waals surface area contributed by atoms with Crippen LogP contribution in [0.25, 0.3) is 0 Å². The van der Waals surface area contributed by atoms with E-state index in [0.29, 0.717) is 5.69 Å². The third kappa shape index (κ3) is 3.50. The molecule has 0 aliphatic rings. The molecule has 0 unspecified atom stereocenters. The van der Waals surface area contributed by atoms with E-state index in [1.807, 2.05) is 19.1 Å². The van der Waals surface area contributed by atoms with Crippen molar-refractivity contribution in [1.29, 1.82) is 0 Å². The lowest BCUT2D eigenvalue weighted by atomic mass is 10.2. The van der Waals surface area contributed by atoms with Gasteiger partial charge >= 0.3 is 5.97 Å². The van der Waals surface area contributed by atoms with Crippen LogP contribution in [-0.2, 0) is 0 Å². The van der Waals surface area contributed by atoms with Crippen molar-refractivity contribution in [2.45, 2.75) is 6.92 Å². The number of carboxylic acid groups (broad SMARTS) is 1. The molecular weight excluding hydrogens is 272 g/mol. The van der Waals surface area contributed by atoms with E-state index in [9.17, 15) is 14.7 Å². The fourth-order valence-corrected chi connectivity index (χ4v) is 1.59. The van der Waals surface area contributed by atoms with E-state index in [1.54, 1.807) is 12.1 Å². The Bertz CT molecular complexity index is 768. The largest absolute Gasteiger partial charge is 0.504 e. The van der Waals surface area contributed by atoms with E-state index >= 15 is 0 Å². The van der Waals surface area contributed by atoms with Gasteiger partial charge in [-0.15, -0.1) is 0 Å². The molecule has 0 aliphatic heterocycles. The third-order valence-corrected chi connectivity index (χ3v) is 2.73. The van der Waals surface area contributed by atoms with E-state index in [-0.39, 0.29) is 5.69 Å². The zero-order chi connectivity index (χ0) is 15.4. The Balaban J connectivity index is 2.43. The summed E-state index contributed by atoms with van der Waals surface area (Å²) in [6.45, 7) is 1.94. The fourth-order valence-electron chi connectivity index (χ4n) is 1.59. The van der Waals surface area contributed by atoms with Crippen LogP contribution in [0, 0.1) is 6.92 Å². The van der Waals surface area contributed by atoms with Gasteiger partial charge in [0.1, 0.15) is 5.56 Å². The summed E-state index contributed by atoms with van der Waals surface area (Å²) >= 11 is 0. The number of rotatable bonds is 3. The van der Waals surface area contributed by atoms with Crippen molar-refractivity contribution in [1.82, 2.24) is 0 Å². The lowest BCUT2D eigenvalue weighted by Gasteiger charge is -1.94. The Morgan fingerprint density at radius 1 is 1.00 bits per heavy atom. The minimum Gasteiger partial charge on any atom is -0.504 e. The van der Waals surface area contributed by atoms with Gasteiger partial charge in [0.25, 0.3) is 0 Å². The monoisotopic (exact) mass is 284 g/mol. The number of aromatic carboxylic acids is 1. The first kappa shape index (κ1) is 14.4. The number of hydrogen-bond acceptors (Lipinski definition) is 5. The van der Waals surface area contributed by atoms with Crippen molar-refractivity contribution in [3.63, 3.8) is 0 Å². The van der Waals surface area contributed by atoms with E-state index < -0.39 is 22.7 Å². The lowest BCUT2D eigenvalue weighted by Crippen LogP contribution is -2.02. The van der Waals surface area contributed by atoms with Gasteiger partial charge in [0, 0.05) is 0 Å². The molecule has 0 saturated carbocycles. The molecule has 21 heavy (non-hydrogen) atoms. The van der Waals surface area contributed by atoms with Gasteiger partial charge in [0.2, 0.25) is 5.43 Å². The van der Waals surface area contributed by atoms with E-state index in [1.165, 1.54) is 6.07 Å². The molecule has 6 nitrogen and oxygen atoms in total. The first-order valence-electron chi connectivity index (χ1n) is 6.06. The first-order chi connectivity index (χ1) is 9.97. The highest BCUT2D eigenvalue weighted by atomic mass is 16.4. The van der Waals surface area contributed by atoms with Crippen molar-refractivity contribution in [2.75, 3.05) is 0 Å². The van der Waals surface area contributed by atoms with Crippen LogP contribution in [-0.4, -0.2) is 16.2 Å². The first-order valence-corrected chi connectivity index (χ1v) is 6.06. The van der Waals surface area contributed by atoms with Gasteiger partial charge in [-0.3, -0.25) is 4.79 Å². The van der Waals surface area contributed by atoms with Crippen LogP contribution < -0.4 is 5.43 Å². The van der Waals surface area contributed by atoms with Crippen LogP contribution in [0.4, 0.5) is 11.4 Å². The lowest BCUT2D eigenvalue weighted by molar-refractivity contribution is 0.0693. The van der Waals surface area contributed by atoms with Crippen molar-refractivity contribution in [2.24, 2.45) is 10.2 Å². The highest BCUT2D eigenvalue weighted by Crippen LogP contribution is 2.21. The molecular formula is C15H12N2O4. The zero-order valence-corrected chi connectivity index (χ0v) is 11.1. The molecule has 0 bridgehead atoms. The van der Waals surface area contributed by atoms with Crippen molar-refractivity contribution >= 4 is 17.3 Å². The number of aromatic hydroxyl groups is 1. The molecule has 2 N–H and O–H groups in total. The van der Waals surface area contributed by atoms with Gasteiger partial charge < -0.3 is 10.2 Å². The summed E-state index contributed by atoms with van der Waals surface area (Å²) in [5, 5.41) is 26.3. The van der Waals surface area contributed by atoms with Crippen LogP contribution >= 0.6 is 0 Å². The van der Waals surface area contributed by atoms with E-state index in [2.05, 4.69) is 10.2 Å². The molecule has 6 heteroatoms. The van der Waals surface area contributed by atoms with Crippen molar-refractivity contribution < 1.29 is 15.0 Å². The number of benzene rings is 1. The maximum absolute atomic E-state index is 11.4. The molecule has 0 heterocycles. The minimum atomic E-state index is -1.41. The summed E-state index contributed by atoms with van der Waals surface area (Å²) in [6.07, 6.45) is 0. The van der Waals surface area contributed by atoms with Crippen LogP contribution in [0.5, 0.6) is 5.75 Å². The quantitative estimate of drug-likeness (QED) is 0.845. The van der Waals surface area contributed by atoms with E-state index in [4.69, 9.17) is 5.11 Å². The summed E-state index contributed by atoms with van der Waals surface area (Å²) in [6, 6.07) is 10.7. The number of azo groups is 1. The molecule has 2 rings (SSSR count). The van der Waals surface area contributed by atoms with Crippen LogP contribution in [0.2, 0.25) is 0 Å². The smallest absolute Gasteiger partial charge is 0.339 e. The third-order valence-electron chi connectivity index (χ3n) is 2.73. The molecule has 0 spiro atoms. The van der Waals surface area contributed by atoms with Gasteiger partial charge in [0.15, 0.2) is 5.75 Å². The molecule has 0 saturated heterocycles. The molecule has 0 atom stereocenters. The Kier molecular flexibility index (Phi) is 4.08. The Morgan fingerprint density at radius 2 is 1.57 bits per heavy atom. The predicted octanol–water partition coefficient (Wildman–Crippen LogP) is 3.17. The summed E-state index contributed by atoms with van der Waals surface area (Å²) in [5.41, 5.74) is 0.530. The molecule has 2 aromatic carbocycles. The van der Waals surface area contributed by atoms with Crippen LogP contribution in [0.1, 0.15) is 15.9 Å². The fraction of sp³-hybridized carbons (Fsp3) is 0.0667. The van der Waals surface area contributed by atoms with Gasteiger partial charge in [-0.2, -0.15) is 10.2 Å².